The summed E-state index contributed by atoms with van der Waals surface area (Å²) in [5, 5.41) is 14.1. The summed E-state index contributed by atoms with van der Waals surface area (Å²) in [7, 11) is 0. The fourth-order valence-electron chi connectivity index (χ4n) is 2.31. The van der Waals surface area contributed by atoms with Gasteiger partial charge in [-0.05, 0) is 19.0 Å². The third-order valence-electron chi connectivity index (χ3n) is 3.30. The van der Waals surface area contributed by atoms with Crippen LogP contribution in [0.4, 0.5) is 11.6 Å². The number of benzene rings is 1. The fraction of sp³-hybridized carbons (Fsp3) is 0.417. The van der Waals surface area contributed by atoms with Gasteiger partial charge in [0.25, 0.3) is 5.69 Å². The normalized spacial score (nSPS) is 15.0. The molecule has 0 radical (unpaired) electrons. The molecule has 0 aliphatic carbocycles. The Morgan fingerprint density at radius 2 is 2.05 bits per heavy atom. The van der Waals surface area contributed by atoms with Gasteiger partial charge in [-0.2, -0.15) is 0 Å². The number of hydrogen-bond acceptors (Lipinski definition) is 5. The number of anilines is 1. The number of H-pyrrole nitrogens is 1. The maximum atomic E-state index is 10.8. The van der Waals surface area contributed by atoms with Gasteiger partial charge in [-0.1, -0.05) is 0 Å². The first-order valence-electron chi connectivity index (χ1n) is 6.34. The van der Waals surface area contributed by atoms with Gasteiger partial charge in [0.2, 0.25) is 5.95 Å². The van der Waals surface area contributed by atoms with E-state index in [-0.39, 0.29) is 30.5 Å². The SMILES string of the molecule is Cl.Cl.O=[N+]([O-])c1ccc2nc(N3CCCNCC3)[nH]c2c1. The van der Waals surface area contributed by atoms with Gasteiger partial charge in [-0.15, -0.1) is 24.8 Å². The highest BCUT2D eigenvalue weighted by Gasteiger charge is 2.15. The maximum Gasteiger partial charge on any atom is 0.271 e. The Balaban J connectivity index is 0.00000110. The van der Waals surface area contributed by atoms with Crippen LogP contribution >= 0.6 is 24.8 Å². The molecule has 2 aromatic rings. The van der Waals surface area contributed by atoms with E-state index in [9.17, 15) is 10.1 Å². The minimum Gasteiger partial charge on any atom is -0.341 e. The number of halogens is 2. The smallest absolute Gasteiger partial charge is 0.271 e. The average Bonchev–Trinajstić information content (AvgIpc) is 2.64. The highest BCUT2D eigenvalue weighted by molar-refractivity contribution is 5.85. The lowest BCUT2D eigenvalue weighted by Gasteiger charge is -2.18. The van der Waals surface area contributed by atoms with Crippen LogP contribution in [-0.4, -0.2) is 41.1 Å². The summed E-state index contributed by atoms with van der Waals surface area (Å²) in [6.45, 7) is 3.77. The Morgan fingerprint density at radius 3 is 2.81 bits per heavy atom. The summed E-state index contributed by atoms with van der Waals surface area (Å²) < 4.78 is 0. The van der Waals surface area contributed by atoms with Gasteiger partial charge >= 0.3 is 0 Å². The van der Waals surface area contributed by atoms with Gasteiger partial charge in [-0.3, -0.25) is 10.1 Å². The van der Waals surface area contributed by atoms with E-state index < -0.39 is 4.92 Å². The molecule has 2 heterocycles. The van der Waals surface area contributed by atoms with Crippen molar-refractivity contribution in [2.45, 2.75) is 6.42 Å². The van der Waals surface area contributed by atoms with Crippen LogP contribution < -0.4 is 10.2 Å². The molecule has 1 aromatic carbocycles. The lowest BCUT2D eigenvalue weighted by molar-refractivity contribution is -0.384. The largest absolute Gasteiger partial charge is 0.341 e. The molecule has 0 unspecified atom stereocenters. The maximum absolute atomic E-state index is 10.8. The van der Waals surface area contributed by atoms with Crippen molar-refractivity contribution in [3.63, 3.8) is 0 Å². The molecule has 2 N–H and O–H groups in total. The predicted molar refractivity (Wildman–Crippen MR) is 86.9 cm³/mol. The van der Waals surface area contributed by atoms with E-state index in [2.05, 4.69) is 20.2 Å². The Bertz CT molecular complexity index is 611. The van der Waals surface area contributed by atoms with Crippen LogP contribution in [0.5, 0.6) is 0 Å². The van der Waals surface area contributed by atoms with Gasteiger partial charge in [0.15, 0.2) is 0 Å². The summed E-state index contributed by atoms with van der Waals surface area (Å²) in [6, 6.07) is 4.70. The first-order chi connectivity index (χ1) is 9.24. The molecule has 1 saturated heterocycles. The zero-order chi connectivity index (χ0) is 13.2. The molecular formula is C12H17Cl2N5O2. The van der Waals surface area contributed by atoms with Crippen molar-refractivity contribution < 1.29 is 4.92 Å². The Morgan fingerprint density at radius 1 is 1.24 bits per heavy atom. The molecule has 1 aromatic heterocycles. The monoisotopic (exact) mass is 333 g/mol. The van der Waals surface area contributed by atoms with E-state index in [1.54, 1.807) is 6.07 Å². The minimum atomic E-state index is -0.393. The van der Waals surface area contributed by atoms with Crippen molar-refractivity contribution in [3.8, 4) is 0 Å². The molecule has 0 saturated carbocycles. The fourth-order valence-corrected chi connectivity index (χ4v) is 2.31. The summed E-state index contributed by atoms with van der Waals surface area (Å²) in [4.78, 5) is 20.2. The number of nitro benzene ring substituents is 1. The number of rotatable bonds is 2. The standard InChI is InChI=1S/C12H15N5O2.2ClH/c18-17(19)9-2-3-10-11(8-9)15-12(14-10)16-6-1-4-13-5-7-16;;/h2-3,8,13H,1,4-7H2,(H,14,15);2*1H. The number of nitro groups is 1. The first kappa shape index (κ1) is 17.5. The Kier molecular flexibility index (Phi) is 6.19. The van der Waals surface area contributed by atoms with Crippen LogP contribution in [0, 0.1) is 10.1 Å². The highest BCUT2D eigenvalue weighted by Crippen LogP contribution is 2.22. The third kappa shape index (κ3) is 3.75. The number of aromatic nitrogens is 2. The molecule has 9 heteroatoms. The van der Waals surface area contributed by atoms with Crippen LogP contribution in [0.2, 0.25) is 0 Å². The van der Waals surface area contributed by atoms with E-state index in [1.165, 1.54) is 12.1 Å². The van der Waals surface area contributed by atoms with E-state index in [0.29, 0.717) is 5.52 Å². The number of imidazole rings is 1. The second kappa shape index (κ2) is 7.44. The van der Waals surface area contributed by atoms with Crippen molar-refractivity contribution in [2.75, 3.05) is 31.1 Å². The van der Waals surface area contributed by atoms with E-state index >= 15 is 0 Å². The van der Waals surface area contributed by atoms with E-state index in [1.807, 2.05) is 0 Å². The molecular weight excluding hydrogens is 317 g/mol. The molecule has 0 spiro atoms. The Hall–Kier alpha value is -1.57. The molecule has 3 rings (SSSR count). The number of non-ortho nitro benzene ring substituents is 1. The van der Waals surface area contributed by atoms with Crippen molar-refractivity contribution in [3.05, 3.63) is 28.3 Å². The molecule has 7 nitrogen and oxygen atoms in total. The van der Waals surface area contributed by atoms with Gasteiger partial charge in [0.1, 0.15) is 0 Å². The number of aromatic amines is 1. The summed E-state index contributed by atoms with van der Waals surface area (Å²) in [6.07, 6.45) is 1.07. The molecule has 0 amide bonds. The van der Waals surface area contributed by atoms with Crippen molar-refractivity contribution >= 4 is 47.5 Å². The number of nitrogens with one attached hydrogen (secondary N) is 2. The number of nitrogens with zero attached hydrogens (tertiary/aromatic N) is 3. The quantitative estimate of drug-likeness (QED) is 0.649. The number of fused-ring (bicyclic) bond motifs is 1. The molecule has 1 fully saturated rings. The van der Waals surface area contributed by atoms with Gasteiger partial charge < -0.3 is 15.2 Å². The molecule has 0 bridgehead atoms. The van der Waals surface area contributed by atoms with Crippen molar-refractivity contribution in [1.29, 1.82) is 0 Å². The van der Waals surface area contributed by atoms with Crippen molar-refractivity contribution in [1.82, 2.24) is 15.3 Å². The lowest BCUT2D eigenvalue weighted by atomic mass is 10.3. The molecule has 1 aliphatic heterocycles. The van der Waals surface area contributed by atoms with E-state index in [4.69, 9.17) is 0 Å². The highest BCUT2D eigenvalue weighted by atomic mass is 35.5. The summed E-state index contributed by atoms with van der Waals surface area (Å²) in [5.41, 5.74) is 1.56. The third-order valence-corrected chi connectivity index (χ3v) is 3.30. The second-order valence-corrected chi connectivity index (χ2v) is 4.61. The molecule has 116 valence electrons. The van der Waals surface area contributed by atoms with Crippen LogP contribution in [0.3, 0.4) is 0 Å². The molecule has 1 aliphatic rings. The predicted octanol–water partition coefficient (Wildman–Crippen LogP) is 2.11. The molecule has 0 atom stereocenters. The van der Waals surface area contributed by atoms with Crippen LogP contribution in [0.25, 0.3) is 11.0 Å². The minimum absolute atomic E-state index is 0. The summed E-state index contributed by atoms with van der Waals surface area (Å²) >= 11 is 0. The van der Waals surface area contributed by atoms with Crippen LogP contribution in [0.1, 0.15) is 6.42 Å². The summed E-state index contributed by atoms with van der Waals surface area (Å²) in [5.74, 6) is 0.791. The average molecular weight is 334 g/mol. The van der Waals surface area contributed by atoms with Crippen molar-refractivity contribution in [2.24, 2.45) is 0 Å². The topological polar surface area (TPSA) is 87.1 Å². The van der Waals surface area contributed by atoms with E-state index in [0.717, 1.165) is 44.1 Å². The Labute approximate surface area is 134 Å². The second-order valence-electron chi connectivity index (χ2n) is 4.61. The lowest BCUT2D eigenvalue weighted by Crippen LogP contribution is -2.28. The zero-order valence-corrected chi connectivity index (χ0v) is 12.9. The molecule has 21 heavy (non-hydrogen) atoms. The van der Waals surface area contributed by atoms with Gasteiger partial charge in [0, 0.05) is 31.8 Å². The number of hydrogen-bond donors (Lipinski definition) is 2. The van der Waals surface area contributed by atoms with Gasteiger partial charge in [0.05, 0.1) is 16.0 Å². The first-order valence-corrected chi connectivity index (χ1v) is 6.34. The zero-order valence-electron chi connectivity index (χ0n) is 11.2. The van der Waals surface area contributed by atoms with Gasteiger partial charge in [-0.25, -0.2) is 4.98 Å². The van der Waals surface area contributed by atoms with Crippen LogP contribution in [0.15, 0.2) is 18.2 Å². The van der Waals surface area contributed by atoms with Crippen LogP contribution in [-0.2, 0) is 0 Å².